The molecule has 2 atom stereocenters. The molecule has 0 radical (unpaired) electrons. The Morgan fingerprint density at radius 3 is 2.76 bits per heavy atom. The second-order valence-electron chi connectivity index (χ2n) is 5.00. The van der Waals surface area contributed by atoms with Crippen molar-refractivity contribution < 1.29 is 18.3 Å². The first kappa shape index (κ1) is 13.8. The van der Waals surface area contributed by atoms with Crippen LogP contribution < -0.4 is 15.2 Å². The first-order chi connectivity index (χ1) is 10.1. The fourth-order valence-corrected chi connectivity index (χ4v) is 2.57. The average Bonchev–Trinajstić information content (AvgIpc) is 2.49. The largest absolute Gasteiger partial charge is 0.497 e. The van der Waals surface area contributed by atoms with Crippen LogP contribution in [0.4, 0.5) is 8.78 Å². The molecule has 3 rings (SSSR count). The van der Waals surface area contributed by atoms with Gasteiger partial charge in [0.15, 0.2) is 11.6 Å². The van der Waals surface area contributed by atoms with Gasteiger partial charge in [-0.3, -0.25) is 0 Å². The van der Waals surface area contributed by atoms with E-state index in [1.807, 2.05) is 6.07 Å². The van der Waals surface area contributed by atoms with Gasteiger partial charge in [0.05, 0.1) is 7.11 Å². The van der Waals surface area contributed by atoms with Crippen LogP contribution in [-0.4, -0.2) is 7.11 Å². The number of nitrogens with two attached hydrogens (primary N) is 1. The number of fused-ring (bicyclic) bond motifs is 1. The summed E-state index contributed by atoms with van der Waals surface area (Å²) in [5.74, 6) is -0.606. The minimum Gasteiger partial charge on any atom is -0.497 e. The molecule has 110 valence electrons. The summed E-state index contributed by atoms with van der Waals surface area (Å²) >= 11 is 0. The van der Waals surface area contributed by atoms with Crippen LogP contribution in [0.1, 0.15) is 29.7 Å². The fourth-order valence-electron chi connectivity index (χ4n) is 2.57. The molecule has 0 saturated carbocycles. The Morgan fingerprint density at radius 2 is 2.00 bits per heavy atom. The van der Waals surface area contributed by atoms with Gasteiger partial charge in [0.25, 0.3) is 0 Å². The molecular weight excluding hydrogens is 276 g/mol. The van der Waals surface area contributed by atoms with E-state index >= 15 is 0 Å². The van der Waals surface area contributed by atoms with E-state index in [2.05, 4.69) is 0 Å². The molecule has 2 aromatic carbocycles. The number of hydrogen-bond donors (Lipinski definition) is 1. The molecule has 0 amide bonds. The van der Waals surface area contributed by atoms with Crippen molar-refractivity contribution >= 4 is 0 Å². The Hall–Kier alpha value is -2.14. The lowest BCUT2D eigenvalue weighted by Gasteiger charge is -2.31. The van der Waals surface area contributed by atoms with E-state index in [4.69, 9.17) is 15.2 Å². The first-order valence-corrected chi connectivity index (χ1v) is 6.64. The monoisotopic (exact) mass is 291 g/mol. The van der Waals surface area contributed by atoms with E-state index in [9.17, 15) is 8.78 Å². The molecule has 0 fully saturated rings. The van der Waals surface area contributed by atoms with Crippen molar-refractivity contribution in [3.8, 4) is 11.5 Å². The minimum atomic E-state index is -0.888. The Bertz CT molecular complexity index is 675. The van der Waals surface area contributed by atoms with E-state index in [0.717, 1.165) is 11.6 Å². The smallest absolute Gasteiger partial charge is 0.165 e. The second-order valence-corrected chi connectivity index (χ2v) is 5.00. The number of hydrogen-bond acceptors (Lipinski definition) is 3. The van der Waals surface area contributed by atoms with Crippen LogP contribution in [0.25, 0.3) is 0 Å². The summed E-state index contributed by atoms with van der Waals surface area (Å²) in [6.07, 6.45) is -0.227. The topological polar surface area (TPSA) is 44.5 Å². The summed E-state index contributed by atoms with van der Waals surface area (Å²) in [5.41, 5.74) is 7.13. The van der Waals surface area contributed by atoms with Crippen molar-refractivity contribution in [3.63, 3.8) is 0 Å². The number of ether oxygens (including phenoxy) is 2. The van der Waals surface area contributed by atoms with Crippen LogP contribution in [-0.2, 0) is 0 Å². The molecule has 3 nitrogen and oxygen atoms in total. The van der Waals surface area contributed by atoms with Gasteiger partial charge in [-0.2, -0.15) is 0 Å². The third kappa shape index (κ3) is 2.45. The van der Waals surface area contributed by atoms with E-state index in [1.54, 1.807) is 19.2 Å². The molecule has 1 aliphatic heterocycles. The molecule has 5 heteroatoms. The molecule has 1 unspecified atom stereocenters. The summed E-state index contributed by atoms with van der Waals surface area (Å²) in [7, 11) is 1.55. The van der Waals surface area contributed by atoms with Gasteiger partial charge in [-0.25, -0.2) is 8.78 Å². The summed E-state index contributed by atoms with van der Waals surface area (Å²) in [6, 6.07) is 9.09. The molecule has 1 aliphatic rings. The van der Waals surface area contributed by atoms with Crippen LogP contribution in [0.15, 0.2) is 36.4 Å². The number of rotatable bonds is 2. The molecule has 0 spiro atoms. The van der Waals surface area contributed by atoms with Crippen molar-refractivity contribution in [2.75, 3.05) is 7.11 Å². The molecule has 0 bridgehead atoms. The lowest BCUT2D eigenvalue weighted by Crippen LogP contribution is -2.25. The lowest BCUT2D eigenvalue weighted by atomic mass is 9.93. The molecule has 2 aromatic rings. The van der Waals surface area contributed by atoms with Crippen LogP contribution in [0.3, 0.4) is 0 Å². The molecule has 2 N–H and O–H groups in total. The normalized spacial score (nSPS) is 20.6. The molecule has 0 aliphatic carbocycles. The van der Waals surface area contributed by atoms with Crippen LogP contribution >= 0.6 is 0 Å². The molecule has 0 aromatic heterocycles. The summed E-state index contributed by atoms with van der Waals surface area (Å²) in [4.78, 5) is 0. The van der Waals surface area contributed by atoms with Gasteiger partial charge < -0.3 is 15.2 Å². The van der Waals surface area contributed by atoms with Gasteiger partial charge in [-0.1, -0.05) is 18.2 Å². The Morgan fingerprint density at radius 1 is 1.19 bits per heavy atom. The van der Waals surface area contributed by atoms with Gasteiger partial charge in [-0.15, -0.1) is 0 Å². The van der Waals surface area contributed by atoms with Gasteiger partial charge in [-0.05, 0) is 12.1 Å². The number of methoxy groups -OCH3 is 1. The zero-order valence-corrected chi connectivity index (χ0v) is 11.5. The van der Waals surface area contributed by atoms with Gasteiger partial charge in [0.2, 0.25) is 0 Å². The average molecular weight is 291 g/mol. The maximum Gasteiger partial charge on any atom is 0.165 e. The van der Waals surface area contributed by atoms with Crippen molar-refractivity contribution in [1.29, 1.82) is 0 Å². The zero-order chi connectivity index (χ0) is 15.0. The maximum atomic E-state index is 13.9. The minimum absolute atomic E-state index is 0.180. The molecule has 21 heavy (non-hydrogen) atoms. The Labute approximate surface area is 121 Å². The highest BCUT2D eigenvalue weighted by molar-refractivity contribution is 5.44. The SMILES string of the molecule is COc1ccc2c(c1)OC(c1cccc(F)c1F)C[C@@H]2N. The highest BCUT2D eigenvalue weighted by Gasteiger charge is 2.29. The van der Waals surface area contributed by atoms with Crippen LogP contribution in [0.5, 0.6) is 11.5 Å². The predicted molar refractivity (Wildman–Crippen MR) is 74.3 cm³/mol. The van der Waals surface area contributed by atoms with Crippen LogP contribution in [0, 0.1) is 11.6 Å². The van der Waals surface area contributed by atoms with Crippen LogP contribution in [0.2, 0.25) is 0 Å². The Balaban J connectivity index is 1.99. The van der Waals surface area contributed by atoms with Crippen molar-refractivity contribution in [3.05, 3.63) is 59.2 Å². The maximum absolute atomic E-state index is 13.9. The van der Waals surface area contributed by atoms with Crippen molar-refractivity contribution in [2.45, 2.75) is 18.6 Å². The number of benzene rings is 2. The lowest BCUT2D eigenvalue weighted by molar-refractivity contribution is 0.155. The van der Waals surface area contributed by atoms with Gasteiger partial charge in [0.1, 0.15) is 17.6 Å². The number of halogens is 2. The summed E-state index contributed by atoms with van der Waals surface area (Å²) in [6.45, 7) is 0. The quantitative estimate of drug-likeness (QED) is 0.921. The fraction of sp³-hybridized carbons (Fsp3) is 0.250. The van der Waals surface area contributed by atoms with E-state index < -0.39 is 17.7 Å². The van der Waals surface area contributed by atoms with E-state index in [-0.39, 0.29) is 11.6 Å². The summed E-state index contributed by atoms with van der Waals surface area (Å²) in [5, 5.41) is 0. The standard InChI is InChI=1S/C16H15F2NO2/c1-20-9-5-6-10-13(19)8-15(21-14(10)7-9)11-3-2-4-12(17)16(11)18/h2-7,13,15H,8,19H2,1H3/t13-,15?/m0/s1. The predicted octanol–water partition coefficient (Wildman–Crippen LogP) is 3.50. The molecule has 0 saturated heterocycles. The van der Waals surface area contributed by atoms with Crippen molar-refractivity contribution in [1.82, 2.24) is 0 Å². The van der Waals surface area contributed by atoms with Crippen molar-refractivity contribution in [2.24, 2.45) is 5.73 Å². The highest BCUT2D eigenvalue weighted by atomic mass is 19.2. The first-order valence-electron chi connectivity index (χ1n) is 6.64. The van der Waals surface area contributed by atoms with Gasteiger partial charge in [0, 0.05) is 29.7 Å². The Kier molecular flexibility index (Phi) is 3.51. The second kappa shape index (κ2) is 5.33. The van der Waals surface area contributed by atoms with E-state index in [1.165, 1.54) is 12.1 Å². The highest BCUT2D eigenvalue weighted by Crippen LogP contribution is 2.41. The van der Waals surface area contributed by atoms with E-state index in [0.29, 0.717) is 17.9 Å². The molecule has 1 heterocycles. The zero-order valence-electron chi connectivity index (χ0n) is 11.5. The summed E-state index contributed by atoms with van der Waals surface area (Å²) < 4.78 is 38.2. The third-order valence-electron chi connectivity index (χ3n) is 3.69. The van der Waals surface area contributed by atoms with Gasteiger partial charge >= 0.3 is 0 Å². The molecular formula is C16H15F2NO2. The third-order valence-corrected chi connectivity index (χ3v) is 3.69.